The molecule has 5 heteroatoms. The van der Waals surface area contributed by atoms with E-state index < -0.39 is 11.6 Å². The van der Waals surface area contributed by atoms with Crippen LogP contribution in [0, 0.1) is 11.6 Å². The molecule has 0 bridgehead atoms. The number of nitrogens with two attached hydrogens (primary N) is 1. The maximum atomic E-state index is 13.4. The van der Waals surface area contributed by atoms with Gasteiger partial charge in [-0.15, -0.1) is 11.8 Å². The van der Waals surface area contributed by atoms with Gasteiger partial charge < -0.3 is 5.73 Å². The highest BCUT2D eigenvalue weighted by atomic mass is 35.5. The molecule has 94 valence electrons. The van der Waals surface area contributed by atoms with Crippen LogP contribution in [0.2, 0.25) is 5.02 Å². The highest BCUT2D eigenvalue weighted by Crippen LogP contribution is 2.31. The van der Waals surface area contributed by atoms with Gasteiger partial charge in [0, 0.05) is 26.9 Å². The maximum Gasteiger partial charge on any atom is 0.162 e. The molecule has 0 heterocycles. The van der Waals surface area contributed by atoms with E-state index in [4.69, 9.17) is 17.3 Å². The molecule has 2 aromatic carbocycles. The minimum atomic E-state index is -0.841. The number of nitrogen functional groups attached to an aromatic ring is 1. The summed E-state index contributed by atoms with van der Waals surface area (Å²) in [5.74, 6) is -1.36. The fraction of sp³-hybridized carbons (Fsp3) is 0.0769. The number of hydrogen-bond acceptors (Lipinski definition) is 2. The predicted molar refractivity (Wildman–Crippen MR) is 71.8 cm³/mol. The Labute approximate surface area is 113 Å². The van der Waals surface area contributed by atoms with Gasteiger partial charge in [-0.25, -0.2) is 8.78 Å². The molecule has 0 saturated carbocycles. The average Bonchev–Trinajstić information content (AvgIpc) is 2.35. The number of halogens is 3. The molecule has 0 aliphatic carbocycles. The second-order valence-electron chi connectivity index (χ2n) is 3.68. The first-order valence-electron chi connectivity index (χ1n) is 5.18. The van der Waals surface area contributed by atoms with E-state index in [-0.39, 0.29) is 0 Å². The van der Waals surface area contributed by atoms with Crippen molar-refractivity contribution in [2.75, 3.05) is 5.73 Å². The highest BCUT2D eigenvalue weighted by Gasteiger charge is 2.09. The van der Waals surface area contributed by atoms with Gasteiger partial charge in [0.1, 0.15) is 0 Å². The fourth-order valence-electron chi connectivity index (χ4n) is 1.45. The van der Waals surface area contributed by atoms with Crippen molar-refractivity contribution in [1.29, 1.82) is 0 Å². The summed E-state index contributed by atoms with van der Waals surface area (Å²) in [5, 5.41) is 0.561. The monoisotopic (exact) mass is 285 g/mol. The van der Waals surface area contributed by atoms with E-state index in [0.717, 1.165) is 11.0 Å². The van der Waals surface area contributed by atoms with Crippen molar-refractivity contribution in [2.45, 2.75) is 10.6 Å². The molecule has 2 aromatic rings. The molecule has 18 heavy (non-hydrogen) atoms. The van der Waals surface area contributed by atoms with Crippen LogP contribution in [0.25, 0.3) is 0 Å². The molecule has 0 unspecified atom stereocenters. The summed E-state index contributed by atoms with van der Waals surface area (Å²) in [7, 11) is 0. The maximum absolute atomic E-state index is 13.4. The Balaban J connectivity index is 2.16. The highest BCUT2D eigenvalue weighted by molar-refractivity contribution is 7.98. The third-order valence-electron chi connectivity index (χ3n) is 2.39. The average molecular weight is 286 g/mol. The minimum absolute atomic E-state index is 0.300. The van der Waals surface area contributed by atoms with Crippen LogP contribution in [0.4, 0.5) is 14.5 Å². The Kier molecular flexibility index (Phi) is 4.09. The first kappa shape index (κ1) is 13.2. The van der Waals surface area contributed by atoms with Crippen molar-refractivity contribution >= 4 is 29.1 Å². The quantitative estimate of drug-likeness (QED) is 0.664. The number of rotatable bonds is 3. The van der Waals surface area contributed by atoms with E-state index in [9.17, 15) is 8.78 Å². The number of thioether (sulfide) groups is 1. The Hall–Kier alpha value is -1.26. The van der Waals surface area contributed by atoms with E-state index >= 15 is 0 Å². The standard InChI is InChI=1S/C13H10ClF2NS/c14-9-4-5-11(17)12(6-9)18-7-8-2-1-3-10(15)13(8)16/h1-6H,7,17H2. The van der Waals surface area contributed by atoms with Gasteiger partial charge in [-0.3, -0.25) is 0 Å². The lowest BCUT2D eigenvalue weighted by molar-refractivity contribution is 0.502. The van der Waals surface area contributed by atoms with Crippen LogP contribution in [0.3, 0.4) is 0 Å². The van der Waals surface area contributed by atoms with Crippen LogP contribution in [0.1, 0.15) is 5.56 Å². The van der Waals surface area contributed by atoms with E-state index in [1.165, 1.54) is 17.8 Å². The van der Waals surface area contributed by atoms with Gasteiger partial charge in [0.25, 0.3) is 0 Å². The third kappa shape index (κ3) is 2.94. The van der Waals surface area contributed by atoms with Crippen molar-refractivity contribution < 1.29 is 8.78 Å². The largest absolute Gasteiger partial charge is 0.398 e. The van der Waals surface area contributed by atoms with Gasteiger partial charge in [-0.1, -0.05) is 23.7 Å². The summed E-state index contributed by atoms with van der Waals surface area (Å²) in [4.78, 5) is 0.756. The molecule has 0 aliphatic heterocycles. The zero-order valence-electron chi connectivity index (χ0n) is 9.29. The summed E-state index contributed by atoms with van der Waals surface area (Å²) in [6, 6.07) is 9.20. The second kappa shape index (κ2) is 5.59. The Bertz CT molecular complexity index is 573. The molecular weight excluding hydrogens is 276 g/mol. The zero-order valence-corrected chi connectivity index (χ0v) is 10.9. The van der Waals surface area contributed by atoms with Gasteiger partial charge in [-0.05, 0) is 24.3 Å². The SMILES string of the molecule is Nc1ccc(Cl)cc1SCc1cccc(F)c1F. The van der Waals surface area contributed by atoms with Crippen molar-refractivity contribution in [3.63, 3.8) is 0 Å². The van der Waals surface area contributed by atoms with Gasteiger partial charge >= 0.3 is 0 Å². The molecule has 0 aliphatic rings. The summed E-state index contributed by atoms with van der Waals surface area (Å²) in [6.45, 7) is 0. The molecule has 1 nitrogen and oxygen atoms in total. The van der Waals surface area contributed by atoms with Gasteiger partial charge in [-0.2, -0.15) is 0 Å². The Morgan fingerprint density at radius 3 is 2.72 bits per heavy atom. The molecule has 0 saturated heterocycles. The number of anilines is 1. The lowest BCUT2D eigenvalue weighted by Crippen LogP contribution is -1.93. The Morgan fingerprint density at radius 1 is 1.17 bits per heavy atom. The molecule has 2 N–H and O–H groups in total. The summed E-state index contributed by atoms with van der Waals surface area (Å²) in [6.07, 6.45) is 0. The van der Waals surface area contributed by atoms with Gasteiger partial charge in [0.2, 0.25) is 0 Å². The molecule has 2 rings (SSSR count). The van der Waals surface area contributed by atoms with Crippen LogP contribution in [-0.4, -0.2) is 0 Å². The summed E-state index contributed by atoms with van der Waals surface area (Å²) < 4.78 is 26.5. The van der Waals surface area contributed by atoms with E-state index in [0.29, 0.717) is 22.0 Å². The fourth-order valence-corrected chi connectivity index (χ4v) is 2.66. The topological polar surface area (TPSA) is 26.0 Å². The van der Waals surface area contributed by atoms with Crippen molar-refractivity contribution in [3.05, 3.63) is 58.6 Å². The van der Waals surface area contributed by atoms with Gasteiger partial charge in [0.05, 0.1) is 0 Å². The second-order valence-corrected chi connectivity index (χ2v) is 5.14. The van der Waals surface area contributed by atoms with Crippen LogP contribution in [0.5, 0.6) is 0 Å². The minimum Gasteiger partial charge on any atom is -0.398 e. The van der Waals surface area contributed by atoms with Crippen molar-refractivity contribution in [3.8, 4) is 0 Å². The third-order valence-corrected chi connectivity index (χ3v) is 3.75. The first-order chi connectivity index (χ1) is 8.58. The molecular formula is C13H10ClF2NS. The van der Waals surface area contributed by atoms with E-state index in [1.54, 1.807) is 24.3 Å². The molecule has 0 atom stereocenters. The number of benzene rings is 2. The lowest BCUT2D eigenvalue weighted by atomic mass is 10.2. The zero-order chi connectivity index (χ0) is 13.1. The lowest BCUT2D eigenvalue weighted by Gasteiger charge is -2.07. The summed E-state index contributed by atoms with van der Waals surface area (Å²) >= 11 is 7.17. The smallest absolute Gasteiger partial charge is 0.162 e. The molecule has 0 amide bonds. The first-order valence-corrected chi connectivity index (χ1v) is 6.55. The summed E-state index contributed by atoms with van der Waals surface area (Å²) in [5.41, 5.74) is 6.65. The van der Waals surface area contributed by atoms with Crippen LogP contribution < -0.4 is 5.73 Å². The molecule has 0 fully saturated rings. The van der Waals surface area contributed by atoms with E-state index in [2.05, 4.69) is 0 Å². The van der Waals surface area contributed by atoms with Gasteiger partial charge in [0.15, 0.2) is 11.6 Å². The normalized spacial score (nSPS) is 10.6. The number of hydrogen-bond donors (Lipinski definition) is 1. The van der Waals surface area contributed by atoms with Crippen LogP contribution >= 0.6 is 23.4 Å². The van der Waals surface area contributed by atoms with E-state index in [1.807, 2.05) is 0 Å². The van der Waals surface area contributed by atoms with Crippen LogP contribution in [0.15, 0.2) is 41.3 Å². The van der Waals surface area contributed by atoms with Crippen molar-refractivity contribution in [2.24, 2.45) is 0 Å². The predicted octanol–water partition coefficient (Wildman–Crippen LogP) is 4.49. The molecule has 0 spiro atoms. The van der Waals surface area contributed by atoms with Crippen LogP contribution in [-0.2, 0) is 5.75 Å². The Morgan fingerprint density at radius 2 is 1.94 bits per heavy atom. The molecule has 0 aromatic heterocycles. The molecule has 0 radical (unpaired) electrons. The van der Waals surface area contributed by atoms with Crippen molar-refractivity contribution in [1.82, 2.24) is 0 Å².